The Bertz CT molecular complexity index is 586. The zero-order valence-electron chi connectivity index (χ0n) is 11.8. The molecule has 1 saturated heterocycles. The number of hydrogen-bond donors (Lipinski definition) is 0. The van der Waals surface area contributed by atoms with Gasteiger partial charge in [-0.25, -0.2) is 4.98 Å². The zero-order valence-corrected chi connectivity index (χ0v) is 14.2. The van der Waals surface area contributed by atoms with E-state index >= 15 is 0 Å². The Kier molecular flexibility index (Phi) is 4.10. The molecule has 0 radical (unpaired) electrons. The van der Waals surface area contributed by atoms with Gasteiger partial charge in [-0.15, -0.1) is 11.3 Å². The van der Waals surface area contributed by atoms with E-state index in [9.17, 15) is 0 Å². The molecule has 0 atom stereocenters. The number of rotatable bonds is 2. The monoisotopic (exact) mass is 351 g/mol. The minimum Gasteiger partial charge on any atom is -0.346 e. The Morgan fingerprint density at radius 1 is 1.10 bits per heavy atom. The maximum Gasteiger partial charge on any atom is 0.186 e. The molecule has 0 spiro atoms. The molecular formula is C15H18BrN3S. The lowest BCUT2D eigenvalue weighted by molar-refractivity contribution is 0.313. The Balaban J connectivity index is 1.85. The molecule has 5 heteroatoms. The zero-order chi connectivity index (χ0) is 14.1. The van der Waals surface area contributed by atoms with Crippen molar-refractivity contribution in [1.82, 2.24) is 9.88 Å². The Morgan fingerprint density at radius 3 is 2.40 bits per heavy atom. The van der Waals surface area contributed by atoms with E-state index in [1.807, 2.05) is 0 Å². The maximum atomic E-state index is 4.87. The summed E-state index contributed by atoms with van der Waals surface area (Å²) < 4.78 is 1.11. The summed E-state index contributed by atoms with van der Waals surface area (Å²) in [6, 6.07) is 8.40. The number of nitrogens with zero attached hydrogens (tertiary/aromatic N) is 3. The van der Waals surface area contributed by atoms with Crippen LogP contribution in [0.3, 0.4) is 0 Å². The van der Waals surface area contributed by atoms with E-state index < -0.39 is 0 Å². The van der Waals surface area contributed by atoms with E-state index in [4.69, 9.17) is 4.98 Å². The van der Waals surface area contributed by atoms with Gasteiger partial charge in [-0.05, 0) is 26.1 Å². The van der Waals surface area contributed by atoms with Crippen molar-refractivity contribution in [2.45, 2.75) is 6.92 Å². The van der Waals surface area contributed by atoms with Crippen LogP contribution in [-0.2, 0) is 0 Å². The molecule has 20 heavy (non-hydrogen) atoms. The van der Waals surface area contributed by atoms with Gasteiger partial charge >= 0.3 is 0 Å². The molecule has 1 aliphatic rings. The lowest BCUT2D eigenvalue weighted by Gasteiger charge is -2.32. The van der Waals surface area contributed by atoms with E-state index in [2.05, 4.69) is 64.0 Å². The number of aryl methyl sites for hydroxylation is 1. The Morgan fingerprint density at radius 2 is 1.75 bits per heavy atom. The first-order valence-electron chi connectivity index (χ1n) is 6.80. The molecule has 2 heterocycles. The van der Waals surface area contributed by atoms with Crippen LogP contribution in [0.15, 0.2) is 28.7 Å². The number of hydrogen-bond acceptors (Lipinski definition) is 4. The van der Waals surface area contributed by atoms with Crippen molar-refractivity contribution in [2.75, 3.05) is 38.1 Å². The quantitative estimate of drug-likeness (QED) is 0.823. The van der Waals surface area contributed by atoms with E-state index in [1.54, 1.807) is 11.3 Å². The van der Waals surface area contributed by atoms with Crippen molar-refractivity contribution < 1.29 is 0 Å². The second-order valence-corrected chi connectivity index (χ2v) is 7.30. The van der Waals surface area contributed by atoms with E-state index in [-0.39, 0.29) is 0 Å². The van der Waals surface area contributed by atoms with Crippen LogP contribution in [0.4, 0.5) is 5.13 Å². The fraction of sp³-hybridized carbons (Fsp3) is 0.400. The smallest absolute Gasteiger partial charge is 0.186 e. The highest BCUT2D eigenvalue weighted by Crippen LogP contribution is 2.33. The second kappa shape index (κ2) is 5.84. The predicted octanol–water partition coefficient (Wildman–Crippen LogP) is 3.63. The van der Waals surface area contributed by atoms with Crippen molar-refractivity contribution in [2.24, 2.45) is 0 Å². The van der Waals surface area contributed by atoms with Crippen LogP contribution in [0.5, 0.6) is 0 Å². The molecule has 1 aliphatic heterocycles. The average molecular weight is 352 g/mol. The molecule has 0 saturated carbocycles. The van der Waals surface area contributed by atoms with E-state index in [0.29, 0.717) is 0 Å². The van der Waals surface area contributed by atoms with Crippen LogP contribution in [-0.4, -0.2) is 43.1 Å². The Labute approximate surface area is 132 Å². The molecule has 3 nitrogen and oxygen atoms in total. The number of halogens is 1. The minimum absolute atomic E-state index is 1.07. The van der Waals surface area contributed by atoms with Gasteiger partial charge < -0.3 is 9.80 Å². The number of piperazine rings is 1. The Hall–Kier alpha value is -0.910. The van der Waals surface area contributed by atoms with Crippen molar-refractivity contribution in [1.29, 1.82) is 0 Å². The van der Waals surface area contributed by atoms with Gasteiger partial charge in [0.2, 0.25) is 0 Å². The van der Waals surface area contributed by atoms with Gasteiger partial charge in [0.1, 0.15) is 0 Å². The van der Waals surface area contributed by atoms with Gasteiger partial charge in [0.25, 0.3) is 0 Å². The molecule has 0 amide bonds. The van der Waals surface area contributed by atoms with Gasteiger partial charge in [-0.1, -0.05) is 28.1 Å². The fourth-order valence-electron chi connectivity index (χ4n) is 2.39. The SMILES string of the molecule is Cc1sc(N2CCN(C)CC2)nc1-c1ccc(Br)cc1. The van der Waals surface area contributed by atoms with Crippen LogP contribution >= 0.6 is 27.3 Å². The maximum absolute atomic E-state index is 4.87. The van der Waals surface area contributed by atoms with Crippen molar-refractivity contribution >= 4 is 32.4 Å². The molecule has 1 aromatic heterocycles. The third-order valence-electron chi connectivity index (χ3n) is 3.68. The standard InChI is InChI=1S/C15H18BrN3S/c1-11-14(12-3-5-13(16)6-4-12)17-15(20-11)19-9-7-18(2)8-10-19/h3-6H,7-10H2,1-2H3. The first-order valence-corrected chi connectivity index (χ1v) is 8.41. The second-order valence-electron chi connectivity index (χ2n) is 5.20. The third kappa shape index (κ3) is 2.90. The van der Waals surface area contributed by atoms with Gasteiger partial charge in [-0.3, -0.25) is 0 Å². The van der Waals surface area contributed by atoms with E-state index in [0.717, 1.165) is 41.5 Å². The molecule has 0 unspecified atom stereocenters. The number of likely N-dealkylation sites (N-methyl/N-ethyl adjacent to an activating group) is 1. The van der Waals surface area contributed by atoms with Gasteiger partial charge in [0, 0.05) is 41.1 Å². The highest BCUT2D eigenvalue weighted by atomic mass is 79.9. The molecule has 3 rings (SSSR count). The summed E-state index contributed by atoms with van der Waals surface area (Å²) in [7, 11) is 2.18. The van der Waals surface area contributed by atoms with Crippen molar-refractivity contribution in [3.8, 4) is 11.3 Å². The minimum atomic E-state index is 1.07. The number of benzene rings is 1. The summed E-state index contributed by atoms with van der Waals surface area (Å²) in [5, 5.41) is 1.16. The number of aromatic nitrogens is 1. The van der Waals surface area contributed by atoms with Crippen LogP contribution in [0, 0.1) is 6.92 Å². The molecular weight excluding hydrogens is 334 g/mol. The summed E-state index contributed by atoms with van der Waals surface area (Å²) in [5.41, 5.74) is 2.32. The van der Waals surface area contributed by atoms with Crippen LogP contribution in [0.25, 0.3) is 11.3 Å². The summed E-state index contributed by atoms with van der Waals surface area (Å²) in [6.45, 7) is 6.54. The predicted molar refractivity (Wildman–Crippen MR) is 89.7 cm³/mol. The van der Waals surface area contributed by atoms with Crippen molar-refractivity contribution in [3.05, 3.63) is 33.6 Å². The summed E-state index contributed by atoms with van der Waals surface area (Å²) in [6.07, 6.45) is 0. The molecule has 0 N–H and O–H groups in total. The summed E-state index contributed by atoms with van der Waals surface area (Å²) in [5.74, 6) is 0. The van der Waals surface area contributed by atoms with Crippen molar-refractivity contribution in [3.63, 3.8) is 0 Å². The largest absolute Gasteiger partial charge is 0.346 e. The van der Waals surface area contributed by atoms with Crippen LogP contribution < -0.4 is 4.90 Å². The summed E-state index contributed by atoms with van der Waals surface area (Å²) >= 11 is 5.28. The summed E-state index contributed by atoms with van der Waals surface area (Å²) in [4.78, 5) is 10.9. The number of thiazole rings is 1. The third-order valence-corrected chi connectivity index (χ3v) is 5.24. The van der Waals surface area contributed by atoms with Gasteiger partial charge in [-0.2, -0.15) is 0 Å². The molecule has 2 aromatic rings. The topological polar surface area (TPSA) is 19.4 Å². The molecule has 1 fully saturated rings. The number of anilines is 1. The van der Waals surface area contributed by atoms with E-state index in [1.165, 1.54) is 10.4 Å². The fourth-order valence-corrected chi connectivity index (χ4v) is 3.64. The highest BCUT2D eigenvalue weighted by Gasteiger charge is 2.19. The lowest BCUT2D eigenvalue weighted by Crippen LogP contribution is -2.44. The highest BCUT2D eigenvalue weighted by molar-refractivity contribution is 9.10. The molecule has 0 aliphatic carbocycles. The average Bonchev–Trinajstić information content (AvgIpc) is 2.82. The van der Waals surface area contributed by atoms with Crippen LogP contribution in [0.1, 0.15) is 4.88 Å². The van der Waals surface area contributed by atoms with Gasteiger partial charge in [0.15, 0.2) is 5.13 Å². The molecule has 1 aromatic carbocycles. The molecule has 106 valence electrons. The molecule has 0 bridgehead atoms. The normalized spacial score (nSPS) is 16.6. The lowest BCUT2D eigenvalue weighted by atomic mass is 10.1. The first kappa shape index (κ1) is 14.0. The van der Waals surface area contributed by atoms with Gasteiger partial charge in [0.05, 0.1) is 5.69 Å². The van der Waals surface area contributed by atoms with Crippen LogP contribution in [0.2, 0.25) is 0 Å². The first-order chi connectivity index (χ1) is 9.63.